The second kappa shape index (κ2) is 9.54. The fourth-order valence-corrected chi connectivity index (χ4v) is 5.13. The van der Waals surface area contributed by atoms with E-state index < -0.39 is 24.2 Å². The predicted octanol–water partition coefficient (Wildman–Crippen LogP) is 2.06. The molecule has 0 aromatic carbocycles. The van der Waals surface area contributed by atoms with Gasteiger partial charge in [0.05, 0.1) is 24.6 Å². The van der Waals surface area contributed by atoms with E-state index in [2.05, 4.69) is 21.4 Å². The van der Waals surface area contributed by atoms with Crippen molar-refractivity contribution >= 4 is 17.6 Å². The molecule has 2 saturated carbocycles. The fourth-order valence-electron chi connectivity index (χ4n) is 5.13. The summed E-state index contributed by atoms with van der Waals surface area (Å²) in [6.07, 6.45) is 1.92. The number of primary amides is 1. The highest BCUT2D eigenvalue weighted by molar-refractivity contribution is 6.02. The summed E-state index contributed by atoms with van der Waals surface area (Å²) in [5, 5.41) is 16.7. The number of rotatable bonds is 7. The molecular weight excluding hydrogens is 451 g/mol. The van der Waals surface area contributed by atoms with Gasteiger partial charge in [0.25, 0.3) is 5.91 Å². The zero-order chi connectivity index (χ0) is 24.5. The van der Waals surface area contributed by atoms with Gasteiger partial charge < -0.3 is 11.1 Å². The molecule has 12 heteroatoms. The molecule has 0 bridgehead atoms. The van der Waals surface area contributed by atoms with Crippen molar-refractivity contribution in [2.24, 2.45) is 11.7 Å². The second-order valence-corrected chi connectivity index (χ2v) is 9.68. The standard InChI is InChI=1S/C22H30F3N7O2/c23-22(24,25)14-30-9-11-31(12-10-30)16-3-5-21(6-4-16,7-8-26)32-13-17(18(27)33)19(29-32)28-20(34)15-1-2-15/h13,15-16H,1-7,9-12,14H2,(H2,27,33)(H,28,29,34)/t16-,21-. The molecule has 1 aliphatic heterocycles. The molecule has 3 aliphatic rings. The van der Waals surface area contributed by atoms with Crippen molar-refractivity contribution in [3.05, 3.63) is 11.8 Å². The number of alkyl halides is 3. The van der Waals surface area contributed by atoms with Crippen LogP contribution < -0.4 is 11.1 Å². The first-order valence-corrected chi connectivity index (χ1v) is 11.7. The van der Waals surface area contributed by atoms with Crippen LogP contribution in [0.25, 0.3) is 0 Å². The summed E-state index contributed by atoms with van der Waals surface area (Å²) in [5.74, 6) is -0.819. The largest absolute Gasteiger partial charge is 0.401 e. The topological polar surface area (TPSA) is 120 Å². The lowest BCUT2D eigenvalue weighted by atomic mass is 9.77. The first-order valence-electron chi connectivity index (χ1n) is 11.7. The Morgan fingerprint density at radius 2 is 1.82 bits per heavy atom. The first-order chi connectivity index (χ1) is 16.1. The van der Waals surface area contributed by atoms with E-state index in [0.29, 0.717) is 39.0 Å². The molecule has 2 amide bonds. The Hall–Kier alpha value is -2.65. The molecule has 9 nitrogen and oxygen atoms in total. The predicted molar refractivity (Wildman–Crippen MR) is 117 cm³/mol. The lowest BCUT2D eigenvalue weighted by molar-refractivity contribution is -0.150. The number of anilines is 1. The Balaban J connectivity index is 1.43. The Morgan fingerprint density at radius 3 is 2.35 bits per heavy atom. The maximum Gasteiger partial charge on any atom is 0.401 e. The maximum absolute atomic E-state index is 12.7. The van der Waals surface area contributed by atoms with Crippen molar-refractivity contribution in [3.63, 3.8) is 0 Å². The third-order valence-electron chi connectivity index (χ3n) is 7.28. The van der Waals surface area contributed by atoms with E-state index in [1.165, 1.54) is 11.1 Å². The average Bonchev–Trinajstić information content (AvgIpc) is 3.54. The molecule has 4 rings (SSSR count). The summed E-state index contributed by atoms with van der Waals surface area (Å²) >= 11 is 0. The molecular formula is C22H30F3N7O2. The van der Waals surface area contributed by atoms with Crippen LogP contribution in [-0.2, 0) is 10.3 Å². The Morgan fingerprint density at radius 1 is 1.18 bits per heavy atom. The van der Waals surface area contributed by atoms with Gasteiger partial charge in [-0.15, -0.1) is 0 Å². The van der Waals surface area contributed by atoms with Crippen molar-refractivity contribution < 1.29 is 22.8 Å². The van der Waals surface area contributed by atoms with E-state index in [4.69, 9.17) is 5.73 Å². The third kappa shape index (κ3) is 5.52. The van der Waals surface area contributed by atoms with Crippen LogP contribution in [0.2, 0.25) is 0 Å². The Labute approximate surface area is 196 Å². The molecule has 1 saturated heterocycles. The number of nitriles is 1. The van der Waals surface area contributed by atoms with Gasteiger partial charge in [0.2, 0.25) is 5.91 Å². The summed E-state index contributed by atoms with van der Waals surface area (Å²) in [7, 11) is 0. The van der Waals surface area contributed by atoms with Crippen molar-refractivity contribution in [2.45, 2.75) is 62.7 Å². The highest BCUT2D eigenvalue weighted by Gasteiger charge is 2.41. The fraction of sp³-hybridized carbons (Fsp3) is 0.727. The van der Waals surface area contributed by atoms with Crippen LogP contribution >= 0.6 is 0 Å². The van der Waals surface area contributed by atoms with Crippen LogP contribution in [0.5, 0.6) is 0 Å². The van der Waals surface area contributed by atoms with Crippen LogP contribution in [0.4, 0.5) is 19.0 Å². The Kier molecular flexibility index (Phi) is 6.87. The van der Waals surface area contributed by atoms with Gasteiger partial charge >= 0.3 is 6.18 Å². The van der Waals surface area contributed by atoms with Gasteiger partial charge in [-0.1, -0.05) is 0 Å². The smallest absolute Gasteiger partial charge is 0.365 e. The molecule has 0 unspecified atom stereocenters. The minimum absolute atomic E-state index is 0.0639. The molecule has 1 aromatic heterocycles. The van der Waals surface area contributed by atoms with Gasteiger partial charge in [-0.05, 0) is 38.5 Å². The molecule has 3 fully saturated rings. The van der Waals surface area contributed by atoms with Gasteiger partial charge in [0.1, 0.15) is 5.56 Å². The van der Waals surface area contributed by atoms with Crippen molar-refractivity contribution in [1.82, 2.24) is 19.6 Å². The van der Waals surface area contributed by atoms with Crippen LogP contribution in [0.15, 0.2) is 6.20 Å². The minimum Gasteiger partial charge on any atom is -0.365 e. The van der Waals surface area contributed by atoms with E-state index in [9.17, 15) is 28.0 Å². The van der Waals surface area contributed by atoms with Crippen LogP contribution in [0, 0.1) is 17.2 Å². The average molecular weight is 482 g/mol. The molecule has 0 radical (unpaired) electrons. The number of amides is 2. The molecule has 2 aliphatic carbocycles. The highest BCUT2D eigenvalue weighted by atomic mass is 19.4. The quantitative estimate of drug-likeness (QED) is 0.615. The van der Waals surface area contributed by atoms with Crippen LogP contribution in [0.1, 0.15) is 55.3 Å². The molecule has 0 atom stereocenters. The normalized spacial score (nSPS) is 26.7. The number of carbonyl (C=O) groups is 2. The van der Waals surface area contributed by atoms with Gasteiger partial charge in [-0.3, -0.25) is 24.1 Å². The number of piperazine rings is 1. The number of hydrogen-bond donors (Lipinski definition) is 2. The number of halogens is 3. The summed E-state index contributed by atoms with van der Waals surface area (Å²) < 4.78 is 39.6. The number of hydrogen-bond acceptors (Lipinski definition) is 6. The molecule has 2 heterocycles. The van der Waals surface area contributed by atoms with Crippen molar-refractivity contribution in [2.75, 3.05) is 38.0 Å². The number of carbonyl (C=O) groups excluding carboxylic acids is 2. The second-order valence-electron chi connectivity index (χ2n) is 9.68. The van der Waals surface area contributed by atoms with Gasteiger partial charge in [0.15, 0.2) is 5.82 Å². The number of nitrogens with one attached hydrogen (secondary N) is 1. The van der Waals surface area contributed by atoms with Crippen LogP contribution in [0.3, 0.4) is 0 Å². The zero-order valence-electron chi connectivity index (χ0n) is 19.0. The highest BCUT2D eigenvalue weighted by Crippen LogP contribution is 2.40. The summed E-state index contributed by atoms with van der Waals surface area (Å²) in [6, 6.07) is 2.46. The zero-order valence-corrected chi connectivity index (χ0v) is 19.0. The molecule has 34 heavy (non-hydrogen) atoms. The Bertz CT molecular complexity index is 951. The van der Waals surface area contributed by atoms with Gasteiger partial charge in [0, 0.05) is 44.3 Å². The lowest BCUT2D eigenvalue weighted by Gasteiger charge is -2.45. The van der Waals surface area contributed by atoms with Crippen LogP contribution in [-0.4, -0.2) is 76.3 Å². The van der Waals surface area contributed by atoms with E-state index >= 15 is 0 Å². The third-order valence-corrected chi connectivity index (χ3v) is 7.28. The van der Waals surface area contributed by atoms with Gasteiger partial charge in [-0.25, -0.2) is 0 Å². The van der Waals surface area contributed by atoms with Crippen molar-refractivity contribution in [1.29, 1.82) is 5.26 Å². The number of nitrogens with two attached hydrogens (primary N) is 1. The molecule has 3 N–H and O–H groups in total. The van der Waals surface area contributed by atoms with Crippen molar-refractivity contribution in [3.8, 4) is 6.07 Å². The number of aromatic nitrogens is 2. The SMILES string of the molecule is N#CC[C@]1(n2cc(C(N)=O)c(NC(=O)C3CC3)n2)CC[C@H](N2CCN(CC(F)(F)F)CC2)CC1. The maximum atomic E-state index is 12.7. The van der Waals surface area contributed by atoms with E-state index in [1.54, 1.807) is 4.68 Å². The molecule has 0 spiro atoms. The minimum atomic E-state index is -4.19. The summed E-state index contributed by atoms with van der Waals surface area (Å²) in [5.41, 5.74) is 5.01. The van der Waals surface area contributed by atoms with E-state index in [1.807, 2.05) is 0 Å². The van der Waals surface area contributed by atoms with E-state index in [0.717, 1.165) is 25.7 Å². The summed E-state index contributed by atoms with van der Waals surface area (Å²) in [6.45, 7) is 1.04. The monoisotopic (exact) mass is 481 g/mol. The summed E-state index contributed by atoms with van der Waals surface area (Å²) in [4.78, 5) is 27.9. The van der Waals surface area contributed by atoms with E-state index in [-0.39, 0.29) is 35.7 Å². The van der Waals surface area contributed by atoms with Gasteiger partial charge in [-0.2, -0.15) is 23.5 Å². The molecule has 1 aromatic rings. The number of nitrogens with zero attached hydrogens (tertiary/aromatic N) is 5. The first kappa shape index (κ1) is 24.5. The molecule has 186 valence electrons. The lowest BCUT2D eigenvalue weighted by Crippen LogP contribution is -2.54.